The summed E-state index contributed by atoms with van der Waals surface area (Å²) < 4.78 is 0. The fourth-order valence-corrected chi connectivity index (χ4v) is 2.61. The lowest BCUT2D eigenvalue weighted by Gasteiger charge is -2.32. The Morgan fingerprint density at radius 1 is 1.33 bits per heavy atom. The number of para-hydroxylation sites is 1. The summed E-state index contributed by atoms with van der Waals surface area (Å²) in [5.74, 6) is 0.702. The molecule has 0 aromatic heterocycles. The van der Waals surface area contributed by atoms with Gasteiger partial charge in [-0.15, -0.1) is 0 Å². The molecule has 80 valence electrons. The fourth-order valence-electron chi connectivity index (χ4n) is 2.61. The second-order valence-corrected chi connectivity index (χ2v) is 4.89. The summed E-state index contributed by atoms with van der Waals surface area (Å²) in [6.45, 7) is 2.13. The van der Waals surface area contributed by atoms with Crippen LogP contribution in [0.2, 0.25) is 0 Å². The van der Waals surface area contributed by atoms with Crippen molar-refractivity contribution in [3.8, 4) is 0 Å². The number of nitrogens with one attached hydrogen (secondary N) is 1. The van der Waals surface area contributed by atoms with Gasteiger partial charge in [0.1, 0.15) is 0 Å². The predicted octanol–water partition coefficient (Wildman–Crippen LogP) is 2.10. The third-order valence-electron chi connectivity index (χ3n) is 3.64. The zero-order valence-corrected chi connectivity index (χ0v) is 9.03. The Labute approximate surface area is 90.3 Å². The zero-order chi connectivity index (χ0) is 10.4. The molecule has 2 N–H and O–H groups in total. The quantitative estimate of drug-likeness (QED) is 0.732. The van der Waals surface area contributed by atoms with Crippen LogP contribution in [0, 0.1) is 12.8 Å². The molecule has 0 saturated heterocycles. The van der Waals surface area contributed by atoms with Crippen molar-refractivity contribution < 1.29 is 5.11 Å². The van der Waals surface area contributed by atoms with Crippen LogP contribution in [-0.2, 0) is 6.42 Å². The van der Waals surface area contributed by atoms with Gasteiger partial charge < -0.3 is 10.4 Å². The number of aliphatic hydroxyl groups excluding tert-OH is 1. The first-order valence-electron chi connectivity index (χ1n) is 5.79. The van der Waals surface area contributed by atoms with E-state index in [1.165, 1.54) is 29.7 Å². The highest BCUT2D eigenvalue weighted by atomic mass is 16.3. The van der Waals surface area contributed by atoms with E-state index in [0.717, 1.165) is 6.42 Å². The third-order valence-corrected chi connectivity index (χ3v) is 3.64. The Bertz CT molecular complexity index is 384. The minimum Gasteiger partial charge on any atom is -0.391 e. The minimum absolute atomic E-state index is 0.202. The summed E-state index contributed by atoms with van der Waals surface area (Å²) in [7, 11) is 0. The van der Waals surface area contributed by atoms with Gasteiger partial charge in [0.2, 0.25) is 0 Å². The lowest BCUT2D eigenvalue weighted by molar-refractivity contribution is 0.139. The average molecular weight is 203 g/mol. The number of benzene rings is 1. The van der Waals surface area contributed by atoms with E-state index in [2.05, 4.69) is 30.4 Å². The zero-order valence-electron chi connectivity index (χ0n) is 9.03. The van der Waals surface area contributed by atoms with Crippen LogP contribution in [0.15, 0.2) is 18.2 Å². The van der Waals surface area contributed by atoms with E-state index in [1.54, 1.807) is 0 Å². The number of aliphatic hydroxyl groups is 1. The van der Waals surface area contributed by atoms with E-state index >= 15 is 0 Å². The highest BCUT2D eigenvalue weighted by Gasteiger charge is 2.38. The summed E-state index contributed by atoms with van der Waals surface area (Å²) >= 11 is 0. The van der Waals surface area contributed by atoms with Gasteiger partial charge in [-0.3, -0.25) is 0 Å². The van der Waals surface area contributed by atoms with Crippen LogP contribution in [0.5, 0.6) is 0 Å². The molecule has 0 spiro atoms. The molecule has 3 rings (SSSR count). The molecule has 0 radical (unpaired) electrons. The molecule has 1 aliphatic heterocycles. The Morgan fingerprint density at radius 3 is 2.87 bits per heavy atom. The van der Waals surface area contributed by atoms with Crippen LogP contribution >= 0.6 is 0 Å². The van der Waals surface area contributed by atoms with E-state index in [-0.39, 0.29) is 6.10 Å². The van der Waals surface area contributed by atoms with Crippen LogP contribution in [0.4, 0.5) is 5.69 Å². The summed E-state index contributed by atoms with van der Waals surface area (Å²) in [6, 6.07) is 6.61. The van der Waals surface area contributed by atoms with Crippen LogP contribution in [0.1, 0.15) is 24.0 Å². The van der Waals surface area contributed by atoms with Gasteiger partial charge in [-0.05, 0) is 36.8 Å². The summed E-state index contributed by atoms with van der Waals surface area (Å²) in [4.78, 5) is 0. The van der Waals surface area contributed by atoms with Gasteiger partial charge in [-0.2, -0.15) is 0 Å². The third kappa shape index (κ3) is 1.53. The fraction of sp³-hybridized carbons (Fsp3) is 0.538. The van der Waals surface area contributed by atoms with Crippen molar-refractivity contribution in [1.82, 2.24) is 0 Å². The highest BCUT2D eigenvalue weighted by Crippen LogP contribution is 2.40. The van der Waals surface area contributed by atoms with Crippen molar-refractivity contribution in [2.45, 2.75) is 38.3 Å². The molecule has 0 bridgehead atoms. The molecule has 2 atom stereocenters. The molecule has 2 unspecified atom stereocenters. The lowest BCUT2D eigenvalue weighted by atomic mass is 9.91. The first kappa shape index (κ1) is 9.22. The van der Waals surface area contributed by atoms with Gasteiger partial charge in [-0.1, -0.05) is 18.2 Å². The molecular weight excluding hydrogens is 186 g/mol. The number of aryl methyl sites for hydroxylation is 1. The van der Waals surface area contributed by atoms with Crippen LogP contribution in [0.25, 0.3) is 0 Å². The maximum atomic E-state index is 10.1. The molecule has 1 aliphatic carbocycles. The first-order chi connectivity index (χ1) is 7.25. The van der Waals surface area contributed by atoms with Gasteiger partial charge in [0.05, 0.1) is 12.1 Å². The molecule has 1 saturated carbocycles. The molecule has 1 fully saturated rings. The van der Waals surface area contributed by atoms with E-state index in [4.69, 9.17) is 0 Å². The van der Waals surface area contributed by atoms with Crippen molar-refractivity contribution >= 4 is 5.69 Å². The van der Waals surface area contributed by atoms with Crippen LogP contribution in [0.3, 0.4) is 0 Å². The van der Waals surface area contributed by atoms with E-state index in [1.807, 2.05) is 0 Å². The van der Waals surface area contributed by atoms with E-state index in [0.29, 0.717) is 12.0 Å². The van der Waals surface area contributed by atoms with Gasteiger partial charge in [-0.25, -0.2) is 0 Å². The topological polar surface area (TPSA) is 32.3 Å². The Hall–Kier alpha value is -1.02. The van der Waals surface area contributed by atoms with Crippen molar-refractivity contribution in [3.63, 3.8) is 0 Å². The van der Waals surface area contributed by atoms with E-state index in [9.17, 15) is 5.11 Å². The van der Waals surface area contributed by atoms with Gasteiger partial charge >= 0.3 is 0 Å². The van der Waals surface area contributed by atoms with Crippen LogP contribution in [-0.4, -0.2) is 17.3 Å². The Morgan fingerprint density at radius 2 is 2.13 bits per heavy atom. The summed E-state index contributed by atoms with van der Waals surface area (Å²) in [6.07, 6.45) is 3.16. The number of anilines is 1. The molecule has 2 heteroatoms. The Kier molecular flexibility index (Phi) is 1.99. The predicted molar refractivity (Wildman–Crippen MR) is 61.0 cm³/mol. The highest BCUT2D eigenvalue weighted by molar-refractivity contribution is 5.60. The van der Waals surface area contributed by atoms with Crippen LogP contribution < -0.4 is 5.32 Å². The smallest absolute Gasteiger partial charge is 0.0784 e. The minimum atomic E-state index is -0.202. The average Bonchev–Trinajstić information content (AvgIpc) is 3.01. The van der Waals surface area contributed by atoms with Crippen molar-refractivity contribution in [2.75, 3.05) is 5.32 Å². The molecule has 15 heavy (non-hydrogen) atoms. The number of rotatable bonds is 1. The molecular formula is C13H17NO. The number of hydrogen-bond donors (Lipinski definition) is 2. The number of fused-ring (bicyclic) bond motifs is 1. The SMILES string of the molecule is Cc1cccc2c1NC(C1CC1)C(O)C2. The van der Waals surface area contributed by atoms with Crippen molar-refractivity contribution in [1.29, 1.82) is 0 Å². The monoisotopic (exact) mass is 203 g/mol. The normalized spacial score (nSPS) is 29.5. The second-order valence-electron chi connectivity index (χ2n) is 4.89. The second kappa shape index (κ2) is 3.24. The molecule has 2 aliphatic rings. The first-order valence-corrected chi connectivity index (χ1v) is 5.79. The Balaban J connectivity index is 1.95. The maximum absolute atomic E-state index is 10.1. The summed E-state index contributed by atoms with van der Waals surface area (Å²) in [5, 5.41) is 13.6. The molecule has 1 heterocycles. The maximum Gasteiger partial charge on any atom is 0.0784 e. The van der Waals surface area contributed by atoms with Gasteiger partial charge in [0, 0.05) is 12.1 Å². The lowest BCUT2D eigenvalue weighted by Crippen LogP contribution is -2.41. The molecule has 2 nitrogen and oxygen atoms in total. The molecule has 0 amide bonds. The summed E-state index contributed by atoms with van der Waals surface area (Å²) in [5.41, 5.74) is 3.82. The van der Waals surface area contributed by atoms with Crippen molar-refractivity contribution in [2.24, 2.45) is 5.92 Å². The van der Waals surface area contributed by atoms with E-state index < -0.39 is 0 Å². The molecule has 1 aromatic carbocycles. The van der Waals surface area contributed by atoms with Gasteiger partial charge in [0.15, 0.2) is 0 Å². The largest absolute Gasteiger partial charge is 0.391 e. The standard InChI is InChI=1S/C13H17NO/c1-8-3-2-4-10-7-11(15)13(9-5-6-9)14-12(8)10/h2-4,9,11,13-15H,5-7H2,1H3. The van der Waals surface area contributed by atoms with Crippen molar-refractivity contribution in [3.05, 3.63) is 29.3 Å². The molecule has 1 aromatic rings. The van der Waals surface area contributed by atoms with Gasteiger partial charge in [0.25, 0.3) is 0 Å². The number of hydrogen-bond acceptors (Lipinski definition) is 2.